The Labute approximate surface area is 179 Å². The minimum atomic E-state index is 0.0167. The summed E-state index contributed by atoms with van der Waals surface area (Å²) in [6, 6.07) is 16.1. The molecule has 0 saturated carbocycles. The van der Waals surface area contributed by atoms with Gasteiger partial charge in [0.15, 0.2) is 11.6 Å². The Morgan fingerprint density at radius 2 is 2.00 bits per heavy atom. The highest BCUT2D eigenvalue weighted by molar-refractivity contribution is 7.18. The van der Waals surface area contributed by atoms with Crippen molar-refractivity contribution in [2.24, 2.45) is 0 Å². The van der Waals surface area contributed by atoms with E-state index in [-0.39, 0.29) is 17.9 Å². The fraction of sp³-hybridized carbons (Fsp3) is 0.348. The van der Waals surface area contributed by atoms with E-state index >= 15 is 0 Å². The van der Waals surface area contributed by atoms with Gasteiger partial charge in [-0.3, -0.25) is 9.59 Å². The minimum Gasteiger partial charge on any atom is -0.321 e. The van der Waals surface area contributed by atoms with Crippen LogP contribution in [-0.2, 0) is 9.59 Å². The number of carbonyl (C=O) groups is 2. The number of aromatic nitrogens is 1. The molecule has 3 aromatic rings. The molecule has 0 spiro atoms. The first-order valence-electron chi connectivity index (χ1n) is 10.6. The zero-order chi connectivity index (χ0) is 20.5. The summed E-state index contributed by atoms with van der Waals surface area (Å²) in [4.78, 5) is 32.5. The van der Waals surface area contributed by atoms with Crippen molar-refractivity contribution >= 4 is 44.7 Å². The largest absolute Gasteiger partial charge is 0.321 e. The topological polar surface area (TPSA) is 66.7 Å². The van der Waals surface area contributed by atoms with E-state index in [1.807, 2.05) is 41.3 Å². The molecule has 3 heterocycles. The molecule has 2 N–H and O–H groups in total. The van der Waals surface area contributed by atoms with Crippen molar-refractivity contribution in [3.63, 3.8) is 0 Å². The number of hydrogen-bond donors (Lipinski definition) is 2. The van der Waals surface area contributed by atoms with E-state index in [4.69, 9.17) is 4.98 Å². The van der Waals surface area contributed by atoms with Gasteiger partial charge in [-0.1, -0.05) is 12.1 Å². The first kappa shape index (κ1) is 19.2. The molecule has 154 valence electrons. The molecule has 2 amide bonds. The number of benzene rings is 2. The van der Waals surface area contributed by atoms with Gasteiger partial charge in [0.2, 0.25) is 5.91 Å². The van der Waals surface area contributed by atoms with Crippen LogP contribution in [0.15, 0.2) is 48.5 Å². The van der Waals surface area contributed by atoms with Crippen LogP contribution in [0.3, 0.4) is 0 Å². The van der Waals surface area contributed by atoms with Crippen LogP contribution in [0, 0.1) is 0 Å². The molecule has 7 heteroatoms. The molecule has 1 unspecified atom stereocenters. The summed E-state index contributed by atoms with van der Waals surface area (Å²) in [5, 5.41) is 4.15. The number of quaternary nitrogens is 1. The molecule has 30 heavy (non-hydrogen) atoms. The van der Waals surface area contributed by atoms with E-state index in [0.29, 0.717) is 13.0 Å². The minimum absolute atomic E-state index is 0.0167. The van der Waals surface area contributed by atoms with E-state index in [1.165, 1.54) is 9.60 Å². The lowest BCUT2D eigenvalue weighted by atomic mass is 10.2. The second kappa shape index (κ2) is 8.16. The lowest BCUT2D eigenvalue weighted by Crippen LogP contribution is -3.11. The molecule has 0 radical (unpaired) electrons. The average Bonchev–Trinajstić information content (AvgIpc) is 3.47. The van der Waals surface area contributed by atoms with Crippen LogP contribution >= 0.6 is 11.3 Å². The summed E-state index contributed by atoms with van der Waals surface area (Å²) in [6.45, 7) is 2.20. The van der Waals surface area contributed by atoms with Crippen LogP contribution in [0.2, 0.25) is 0 Å². The van der Waals surface area contributed by atoms with Crippen molar-refractivity contribution in [3.8, 4) is 0 Å². The molecule has 2 saturated heterocycles. The normalized spacial score (nSPS) is 21.5. The van der Waals surface area contributed by atoms with Gasteiger partial charge in [-0.15, -0.1) is 11.3 Å². The Hall–Kier alpha value is -2.77. The zero-order valence-electron chi connectivity index (χ0n) is 16.8. The molecule has 2 atom stereocenters. The maximum Gasteiger partial charge on any atom is 0.279 e. The van der Waals surface area contributed by atoms with E-state index in [0.717, 1.165) is 54.3 Å². The Morgan fingerprint density at radius 3 is 2.77 bits per heavy atom. The number of amides is 2. The lowest BCUT2D eigenvalue weighted by molar-refractivity contribution is -0.910. The first-order valence-corrected chi connectivity index (χ1v) is 11.4. The van der Waals surface area contributed by atoms with Crippen molar-refractivity contribution < 1.29 is 14.5 Å². The summed E-state index contributed by atoms with van der Waals surface area (Å²) in [7, 11) is 0. The van der Waals surface area contributed by atoms with E-state index in [1.54, 1.807) is 11.3 Å². The fourth-order valence-electron chi connectivity index (χ4n) is 4.52. The SMILES string of the molecule is O=C(C[NH+]1CCC[C@H]1c1nc2ccccc2s1)Nc1ccc(N2CCCC2=O)cc1. The van der Waals surface area contributed by atoms with Gasteiger partial charge < -0.3 is 15.1 Å². The molecule has 6 nitrogen and oxygen atoms in total. The third kappa shape index (κ3) is 3.82. The van der Waals surface area contributed by atoms with Crippen LogP contribution in [-0.4, -0.2) is 36.4 Å². The van der Waals surface area contributed by atoms with Gasteiger partial charge in [-0.2, -0.15) is 0 Å². The Morgan fingerprint density at radius 1 is 1.17 bits per heavy atom. The molecule has 5 rings (SSSR count). The maximum atomic E-state index is 12.7. The second-order valence-electron chi connectivity index (χ2n) is 8.04. The fourth-order valence-corrected chi connectivity index (χ4v) is 5.68. The van der Waals surface area contributed by atoms with Crippen LogP contribution in [0.4, 0.5) is 11.4 Å². The van der Waals surface area contributed by atoms with Crippen LogP contribution in [0.1, 0.15) is 36.7 Å². The molecule has 2 aliphatic heterocycles. The van der Waals surface area contributed by atoms with E-state index < -0.39 is 0 Å². The highest BCUT2D eigenvalue weighted by Crippen LogP contribution is 2.28. The number of nitrogens with zero attached hydrogens (tertiary/aromatic N) is 2. The molecule has 1 aromatic heterocycles. The molecular weight excluding hydrogens is 396 g/mol. The van der Waals surface area contributed by atoms with Crippen molar-refractivity contribution in [2.45, 2.75) is 31.7 Å². The summed E-state index contributed by atoms with van der Waals surface area (Å²) in [5.41, 5.74) is 2.71. The molecular formula is C23H25N4O2S+. The molecule has 2 fully saturated rings. The number of fused-ring (bicyclic) bond motifs is 1. The third-order valence-electron chi connectivity index (χ3n) is 6.02. The van der Waals surface area contributed by atoms with Gasteiger partial charge in [-0.05, 0) is 42.8 Å². The summed E-state index contributed by atoms with van der Waals surface area (Å²) in [6.07, 6.45) is 3.71. The zero-order valence-corrected chi connectivity index (χ0v) is 17.6. The van der Waals surface area contributed by atoms with Crippen molar-refractivity contribution in [3.05, 3.63) is 53.5 Å². The molecule has 0 bridgehead atoms. The second-order valence-corrected chi connectivity index (χ2v) is 9.11. The third-order valence-corrected chi connectivity index (χ3v) is 7.17. The van der Waals surface area contributed by atoms with Gasteiger partial charge in [-0.25, -0.2) is 4.98 Å². The number of hydrogen-bond acceptors (Lipinski definition) is 4. The summed E-state index contributed by atoms with van der Waals surface area (Å²) >= 11 is 1.75. The maximum absolute atomic E-state index is 12.7. The van der Waals surface area contributed by atoms with Gasteiger partial charge in [0.05, 0.1) is 16.8 Å². The van der Waals surface area contributed by atoms with Gasteiger partial charge in [0.1, 0.15) is 6.04 Å². The standard InChI is InChI=1S/C23H24N4O2S/c28-21(24-16-9-11-17(12-10-16)27-14-4-8-22(27)29)15-26-13-3-6-19(26)23-25-18-5-1-2-7-20(18)30-23/h1-2,5,7,9-12,19H,3-4,6,8,13-15H2,(H,24,28)/p+1/t19-/m0/s1. The first-order chi connectivity index (χ1) is 14.7. The highest BCUT2D eigenvalue weighted by Gasteiger charge is 2.34. The lowest BCUT2D eigenvalue weighted by Gasteiger charge is -2.19. The van der Waals surface area contributed by atoms with Crippen molar-refractivity contribution in [1.29, 1.82) is 0 Å². The Kier molecular flexibility index (Phi) is 5.23. The number of thiazole rings is 1. The van der Waals surface area contributed by atoms with Gasteiger partial charge in [0, 0.05) is 37.2 Å². The molecule has 2 aromatic carbocycles. The number of likely N-dealkylation sites (tertiary alicyclic amines) is 1. The summed E-state index contributed by atoms with van der Waals surface area (Å²) in [5.74, 6) is 0.188. The smallest absolute Gasteiger partial charge is 0.279 e. The predicted octanol–water partition coefficient (Wildman–Crippen LogP) is 2.78. The van der Waals surface area contributed by atoms with Crippen LogP contribution < -0.4 is 15.1 Å². The van der Waals surface area contributed by atoms with E-state index in [2.05, 4.69) is 17.4 Å². The molecule has 0 aliphatic carbocycles. The van der Waals surface area contributed by atoms with Crippen LogP contribution in [0.25, 0.3) is 10.2 Å². The van der Waals surface area contributed by atoms with Gasteiger partial charge in [0.25, 0.3) is 5.91 Å². The highest BCUT2D eigenvalue weighted by atomic mass is 32.1. The average molecular weight is 422 g/mol. The number of anilines is 2. The number of carbonyl (C=O) groups excluding carboxylic acids is 2. The van der Waals surface area contributed by atoms with E-state index in [9.17, 15) is 9.59 Å². The molecule has 2 aliphatic rings. The quantitative estimate of drug-likeness (QED) is 0.666. The summed E-state index contributed by atoms with van der Waals surface area (Å²) < 4.78 is 1.21. The predicted molar refractivity (Wildman–Crippen MR) is 119 cm³/mol. The monoisotopic (exact) mass is 421 g/mol. The number of para-hydroxylation sites is 1. The van der Waals surface area contributed by atoms with Crippen LogP contribution in [0.5, 0.6) is 0 Å². The van der Waals surface area contributed by atoms with Crippen molar-refractivity contribution in [1.82, 2.24) is 4.98 Å². The number of nitrogens with one attached hydrogen (secondary N) is 2. The van der Waals surface area contributed by atoms with Crippen molar-refractivity contribution in [2.75, 3.05) is 29.9 Å². The Balaban J connectivity index is 1.23. The Bertz CT molecular complexity index is 1050. The number of rotatable bonds is 5. The van der Waals surface area contributed by atoms with Gasteiger partial charge >= 0.3 is 0 Å².